The van der Waals surface area contributed by atoms with Crippen molar-refractivity contribution >= 4 is 76.9 Å². The van der Waals surface area contributed by atoms with Crippen LogP contribution in [0.25, 0.3) is 107 Å². The van der Waals surface area contributed by atoms with Crippen molar-refractivity contribution in [3.63, 3.8) is 0 Å². The Hall–Kier alpha value is -6.12. The van der Waals surface area contributed by atoms with Crippen LogP contribution in [-0.4, -0.2) is 14.5 Å². The monoisotopic (exact) mass is 744 g/mol. The fourth-order valence-corrected chi connectivity index (χ4v) is 11.1. The van der Waals surface area contributed by atoms with Gasteiger partial charge in [-0.1, -0.05) is 0 Å². The Kier molecular flexibility index (Phi) is 6.73. The third-order valence-corrected chi connectivity index (χ3v) is 13.5. The molecule has 0 unspecified atom stereocenters. The molecule has 0 saturated carbocycles. The van der Waals surface area contributed by atoms with E-state index in [9.17, 15) is 0 Å². The number of furan rings is 2. The first-order chi connectivity index (χ1) is 26.1. The second-order valence-corrected chi connectivity index (χ2v) is 16.4. The molecule has 0 radical (unpaired) electrons. The van der Waals surface area contributed by atoms with Crippen molar-refractivity contribution in [2.75, 3.05) is 0 Å². The molecule has 0 atom stereocenters. The molecule has 0 saturated heterocycles. The summed E-state index contributed by atoms with van der Waals surface area (Å²) < 4.78 is 14.3. The molecular formula is C50H32O2Se. The summed E-state index contributed by atoms with van der Waals surface area (Å²) in [6.07, 6.45) is 7.49. The number of hydrogen-bond acceptors (Lipinski definition) is 2. The van der Waals surface area contributed by atoms with Crippen LogP contribution in [0.2, 0.25) is 0 Å². The van der Waals surface area contributed by atoms with Crippen LogP contribution in [0.4, 0.5) is 0 Å². The molecular weight excluding hydrogens is 712 g/mol. The molecule has 0 fully saturated rings. The quantitative estimate of drug-likeness (QED) is 0.133. The summed E-state index contributed by atoms with van der Waals surface area (Å²) in [6.45, 7) is 4.26. The van der Waals surface area contributed by atoms with Crippen LogP contribution in [0.1, 0.15) is 11.1 Å². The van der Waals surface area contributed by atoms with Crippen molar-refractivity contribution in [1.82, 2.24) is 0 Å². The molecule has 53 heavy (non-hydrogen) atoms. The molecule has 11 rings (SSSR count). The van der Waals surface area contributed by atoms with Crippen LogP contribution >= 0.6 is 0 Å². The Bertz CT molecular complexity index is 3150. The third-order valence-electron chi connectivity index (χ3n) is 11.2. The van der Waals surface area contributed by atoms with E-state index in [1.807, 2.05) is 25.1 Å². The molecule has 0 aliphatic carbocycles. The summed E-state index contributed by atoms with van der Waals surface area (Å²) >= 11 is 0.200. The standard InChI is InChI=1S/C50H32O2Se/c1-29-25-51-27-43(29)49-38-15-7-3-11-34(38)47(35-12-4-8-16-39(35)49)31-20-22-45-42(23-31)33-21-19-32(24-46(33)53-45)48-36-13-5-9-17-40(36)50(44-28-52-26-30(44)2)41-18-10-6-14-37(41)48/h3-28H,1-2H3. The fourth-order valence-electron chi connectivity index (χ4n) is 8.78. The molecule has 3 aromatic heterocycles. The van der Waals surface area contributed by atoms with Gasteiger partial charge in [-0.25, -0.2) is 0 Å². The first kappa shape index (κ1) is 30.5. The Labute approximate surface area is 312 Å². The predicted molar refractivity (Wildman–Crippen MR) is 224 cm³/mol. The first-order valence-electron chi connectivity index (χ1n) is 18.0. The van der Waals surface area contributed by atoms with Gasteiger partial charge in [0.1, 0.15) is 0 Å². The van der Waals surface area contributed by atoms with Crippen molar-refractivity contribution in [3.8, 4) is 44.5 Å². The predicted octanol–water partition coefficient (Wildman–Crippen LogP) is 14.1. The van der Waals surface area contributed by atoms with Crippen molar-refractivity contribution in [1.29, 1.82) is 0 Å². The van der Waals surface area contributed by atoms with Gasteiger partial charge in [0.25, 0.3) is 0 Å². The Morgan fingerprint density at radius 1 is 0.340 bits per heavy atom. The molecule has 0 spiro atoms. The molecule has 8 aromatic carbocycles. The minimum absolute atomic E-state index is 0.200. The first-order valence-corrected chi connectivity index (χ1v) is 19.8. The summed E-state index contributed by atoms with van der Waals surface area (Å²) in [6, 6.07) is 49.8. The van der Waals surface area contributed by atoms with E-state index >= 15 is 0 Å². The number of hydrogen-bond donors (Lipinski definition) is 0. The van der Waals surface area contributed by atoms with Gasteiger partial charge >= 0.3 is 314 Å². The van der Waals surface area contributed by atoms with Crippen LogP contribution in [0.3, 0.4) is 0 Å². The Morgan fingerprint density at radius 3 is 1.15 bits per heavy atom. The maximum absolute atomic E-state index is 5.70. The summed E-state index contributed by atoms with van der Waals surface area (Å²) in [7, 11) is 0. The molecule has 0 aliphatic rings. The van der Waals surface area contributed by atoms with E-state index in [4.69, 9.17) is 8.83 Å². The van der Waals surface area contributed by atoms with Crippen LogP contribution in [-0.2, 0) is 0 Å². The molecule has 3 heterocycles. The molecule has 0 aliphatic heterocycles. The van der Waals surface area contributed by atoms with Gasteiger partial charge in [0.05, 0.1) is 0 Å². The summed E-state index contributed by atoms with van der Waals surface area (Å²) in [5.41, 5.74) is 12.2. The summed E-state index contributed by atoms with van der Waals surface area (Å²) in [5.74, 6) is 0. The molecule has 3 heteroatoms. The topological polar surface area (TPSA) is 26.3 Å². The van der Waals surface area contributed by atoms with Crippen LogP contribution in [0.15, 0.2) is 167 Å². The van der Waals surface area contributed by atoms with Crippen LogP contribution in [0.5, 0.6) is 0 Å². The Morgan fingerprint density at radius 2 is 0.736 bits per heavy atom. The van der Waals surface area contributed by atoms with E-state index in [-0.39, 0.29) is 14.5 Å². The van der Waals surface area contributed by atoms with Gasteiger partial charge in [-0.05, 0) is 0 Å². The zero-order valence-corrected chi connectivity index (χ0v) is 30.9. The van der Waals surface area contributed by atoms with E-state index in [0.29, 0.717) is 0 Å². The molecule has 2 nitrogen and oxygen atoms in total. The van der Waals surface area contributed by atoms with E-state index < -0.39 is 0 Å². The van der Waals surface area contributed by atoms with E-state index in [1.165, 1.54) is 95.8 Å². The van der Waals surface area contributed by atoms with E-state index in [0.717, 1.165) is 22.3 Å². The second kappa shape index (κ2) is 11.7. The Balaban J connectivity index is 1.13. The van der Waals surface area contributed by atoms with Gasteiger partial charge in [0.2, 0.25) is 0 Å². The normalized spacial score (nSPS) is 12.0. The summed E-state index contributed by atoms with van der Waals surface area (Å²) in [4.78, 5) is 0. The summed E-state index contributed by atoms with van der Waals surface area (Å²) in [5, 5.41) is 12.7. The zero-order chi connectivity index (χ0) is 35.2. The molecule has 0 bridgehead atoms. The van der Waals surface area contributed by atoms with Gasteiger partial charge in [-0.2, -0.15) is 0 Å². The number of fused-ring (bicyclic) bond motifs is 7. The molecule has 0 amide bonds. The average molecular weight is 744 g/mol. The molecule has 250 valence electrons. The SMILES string of the molecule is Cc1cocc1-c1c2ccccc2c(-c2ccc3c(c2)[se]c2ccc(-c4c5ccccc5c(-c5cocc5C)c5ccccc45)cc23)c2ccccc12. The third kappa shape index (κ3) is 4.51. The van der Waals surface area contributed by atoms with Crippen molar-refractivity contribution in [2.45, 2.75) is 13.8 Å². The molecule has 11 aromatic rings. The zero-order valence-electron chi connectivity index (χ0n) is 29.2. The van der Waals surface area contributed by atoms with Crippen LogP contribution in [0, 0.1) is 13.8 Å². The van der Waals surface area contributed by atoms with Crippen molar-refractivity contribution in [2.24, 2.45) is 0 Å². The van der Waals surface area contributed by atoms with Gasteiger partial charge < -0.3 is 0 Å². The number of benzene rings is 8. The maximum atomic E-state index is 5.70. The minimum atomic E-state index is 0.200. The van der Waals surface area contributed by atoms with Gasteiger partial charge in [-0.15, -0.1) is 0 Å². The van der Waals surface area contributed by atoms with Gasteiger partial charge in [0.15, 0.2) is 0 Å². The van der Waals surface area contributed by atoms with E-state index in [1.54, 1.807) is 0 Å². The van der Waals surface area contributed by atoms with Crippen molar-refractivity contribution < 1.29 is 8.83 Å². The number of aryl methyl sites for hydroxylation is 2. The number of rotatable bonds is 4. The van der Waals surface area contributed by atoms with E-state index in [2.05, 4.69) is 147 Å². The van der Waals surface area contributed by atoms with Gasteiger partial charge in [-0.3, -0.25) is 0 Å². The van der Waals surface area contributed by atoms with Gasteiger partial charge in [0, 0.05) is 0 Å². The average Bonchev–Trinajstić information content (AvgIpc) is 3.93. The molecule has 0 N–H and O–H groups in total. The fraction of sp³-hybridized carbons (Fsp3) is 0.0400. The van der Waals surface area contributed by atoms with Crippen LogP contribution < -0.4 is 0 Å². The van der Waals surface area contributed by atoms with Crippen molar-refractivity contribution in [3.05, 3.63) is 170 Å². The second-order valence-electron chi connectivity index (χ2n) is 14.1.